The summed E-state index contributed by atoms with van der Waals surface area (Å²) < 4.78 is 26.7. The first kappa shape index (κ1) is 16.9. The van der Waals surface area contributed by atoms with Crippen molar-refractivity contribution in [2.75, 3.05) is 13.1 Å². The van der Waals surface area contributed by atoms with Gasteiger partial charge in [-0.25, -0.2) is 4.39 Å². The van der Waals surface area contributed by atoms with Crippen molar-refractivity contribution >= 4 is 24.0 Å². The molecule has 0 radical (unpaired) electrons. The monoisotopic (exact) mass is 382 g/mol. The van der Waals surface area contributed by atoms with Gasteiger partial charge in [-0.05, 0) is 55.1 Å². The Morgan fingerprint density at radius 3 is 2.64 bits per heavy atom. The van der Waals surface area contributed by atoms with Crippen LogP contribution in [0.1, 0.15) is 24.1 Å². The van der Waals surface area contributed by atoms with Crippen LogP contribution in [0.4, 0.5) is 4.39 Å². The number of ether oxygens (including phenoxy) is 2. The van der Waals surface area contributed by atoms with Crippen molar-refractivity contribution in [3.8, 4) is 11.5 Å². The highest BCUT2D eigenvalue weighted by atomic mass is 35.5. The third kappa shape index (κ3) is 2.48. The van der Waals surface area contributed by atoms with Crippen molar-refractivity contribution in [2.24, 2.45) is 11.8 Å². The SMILES string of the molecule is CC1(c2ccc(Cl)cn2)Oc2ccc(F)c(C3C4CNCC43)c2O1.Cl. The van der Waals surface area contributed by atoms with Crippen molar-refractivity contribution in [3.63, 3.8) is 0 Å². The minimum Gasteiger partial charge on any atom is -0.443 e. The van der Waals surface area contributed by atoms with Gasteiger partial charge in [-0.1, -0.05) is 11.6 Å². The van der Waals surface area contributed by atoms with Gasteiger partial charge in [0.25, 0.3) is 5.79 Å². The van der Waals surface area contributed by atoms with Crippen molar-refractivity contribution < 1.29 is 13.9 Å². The molecule has 1 aliphatic carbocycles. The fraction of sp³-hybridized carbons (Fsp3) is 0.389. The lowest BCUT2D eigenvalue weighted by molar-refractivity contribution is -0.0721. The van der Waals surface area contributed by atoms with Crippen LogP contribution >= 0.6 is 24.0 Å². The summed E-state index contributed by atoms with van der Waals surface area (Å²) in [5.41, 5.74) is 1.26. The molecule has 3 atom stereocenters. The Kier molecular flexibility index (Phi) is 3.87. The van der Waals surface area contributed by atoms with Gasteiger partial charge >= 0.3 is 0 Å². The van der Waals surface area contributed by atoms with Crippen LogP contribution in [-0.4, -0.2) is 18.1 Å². The predicted octanol–water partition coefficient (Wildman–Crippen LogP) is 3.87. The van der Waals surface area contributed by atoms with E-state index in [0.717, 1.165) is 13.1 Å². The molecule has 25 heavy (non-hydrogen) atoms. The number of benzene rings is 1. The number of pyridine rings is 1. The average molecular weight is 383 g/mol. The molecule has 1 saturated heterocycles. The molecule has 2 fully saturated rings. The molecule has 7 heteroatoms. The number of hydrogen-bond acceptors (Lipinski definition) is 4. The molecule has 2 aromatic rings. The van der Waals surface area contributed by atoms with E-state index in [9.17, 15) is 4.39 Å². The molecule has 132 valence electrons. The molecule has 4 nitrogen and oxygen atoms in total. The number of nitrogens with one attached hydrogen (secondary N) is 1. The number of rotatable bonds is 2. The standard InChI is InChI=1S/C18H16ClFN2O2.ClH/c1-18(14-5-2-9(19)6-22-14)23-13-4-3-12(20)16(17(13)24-18)15-10-7-21-8-11(10)15;/h2-6,10-11,15,21H,7-8H2,1H3;1H. The van der Waals surface area contributed by atoms with Crippen LogP contribution in [0.25, 0.3) is 0 Å². The zero-order valence-corrected chi connectivity index (χ0v) is 15.0. The maximum atomic E-state index is 14.6. The Morgan fingerprint density at radius 1 is 1.20 bits per heavy atom. The van der Waals surface area contributed by atoms with E-state index in [1.165, 1.54) is 6.07 Å². The molecule has 5 rings (SSSR count). The summed E-state index contributed by atoms with van der Waals surface area (Å²) in [5, 5.41) is 3.88. The molecule has 0 spiro atoms. The van der Waals surface area contributed by atoms with E-state index < -0.39 is 5.79 Å². The van der Waals surface area contributed by atoms with E-state index >= 15 is 0 Å². The highest BCUT2D eigenvalue weighted by Gasteiger charge is 2.57. The third-order valence-corrected chi connectivity index (χ3v) is 5.55. The van der Waals surface area contributed by atoms with Crippen molar-refractivity contribution in [2.45, 2.75) is 18.6 Å². The zero-order chi connectivity index (χ0) is 16.5. The van der Waals surface area contributed by atoms with Gasteiger partial charge in [-0.2, -0.15) is 0 Å². The number of piperidine rings is 1. The molecule has 0 bridgehead atoms. The summed E-state index contributed by atoms with van der Waals surface area (Å²) in [6.45, 7) is 3.67. The van der Waals surface area contributed by atoms with E-state index in [2.05, 4.69) is 10.3 Å². The van der Waals surface area contributed by atoms with Gasteiger partial charge in [0.05, 0.1) is 5.02 Å². The first-order valence-corrected chi connectivity index (χ1v) is 8.48. The highest BCUT2D eigenvalue weighted by molar-refractivity contribution is 6.30. The minimum atomic E-state index is -1.07. The summed E-state index contributed by atoms with van der Waals surface area (Å²) in [4.78, 5) is 4.30. The Hall–Kier alpha value is -1.56. The lowest BCUT2D eigenvalue weighted by atomic mass is 10.0. The van der Waals surface area contributed by atoms with Crippen LogP contribution in [0.3, 0.4) is 0 Å². The van der Waals surface area contributed by atoms with Gasteiger partial charge in [0.15, 0.2) is 11.5 Å². The second-order valence-electron chi connectivity index (χ2n) is 6.81. The van der Waals surface area contributed by atoms with Gasteiger partial charge in [-0.15, -0.1) is 12.4 Å². The van der Waals surface area contributed by atoms with Crippen LogP contribution in [0, 0.1) is 17.7 Å². The fourth-order valence-corrected chi connectivity index (χ4v) is 4.18. The summed E-state index contributed by atoms with van der Waals surface area (Å²) >= 11 is 5.90. The Labute approximate surface area is 156 Å². The van der Waals surface area contributed by atoms with Gasteiger partial charge in [0.1, 0.15) is 11.5 Å². The molecule has 2 aliphatic heterocycles. The summed E-state index contributed by atoms with van der Waals surface area (Å²) in [6, 6.07) is 6.61. The second kappa shape index (κ2) is 5.73. The number of aromatic nitrogens is 1. The number of hydrogen-bond donors (Lipinski definition) is 1. The van der Waals surface area contributed by atoms with Gasteiger partial charge in [-0.3, -0.25) is 4.98 Å². The highest BCUT2D eigenvalue weighted by Crippen LogP contribution is 2.61. The fourth-order valence-electron chi connectivity index (χ4n) is 4.07. The molecule has 3 unspecified atom stereocenters. The van der Waals surface area contributed by atoms with E-state index in [4.69, 9.17) is 21.1 Å². The quantitative estimate of drug-likeness (QED) is 0.855. The molecule has 1 N–H and O–H groups in total. The third-order valence-electron chi connectivity index (χ3n) is 5.33. The molecule has 1 aromatic heterocycles. The largest absolute Gasteiger partial charge is 0.443 e. The zero-order valence-electron chi connectivity index (χ0n) is 13.5. The summed E-state index contributed by atoms with van der Waals surface area (Å²) in [6.07, 6.45) is 1.55. The lowest BCUT2D eigenvalue weighted by Gasteiger charge is -2.22. The van der Waals surface area contributed by atoms with E-state index in [1.807, 2.05) is 0 Å². The molecular weight excluding hydrogens is 366 g/mol. The van der Waals surface area contributed by atoms with Gasteiger partial charge < -0.3 is 14.8 Å². The second-order valence-corrected chi connectivity index (χ2v) is 7.25. The van der Waals surface area contributed by atoms with E-state index in [0.29, 0.717) is 39.6 Å². The maximum Gasteiger partial charge on any atom is 0.292 e. The van der Waals surface area contributed by atoms with Crippen LogP contribution in [0.5, 0.6) is 11.5 Å². The molecule has 1 saturated carbocycles. The molecule has 3 aliphatic rings. The Balaban J connectivity index is 0.00000157. The first-order valence-electron chi connectivity index (χ1n) is 8.10. The van der Waals surface area contributed by atoms with Crippen molar-refractivity contribution in [3.05, 3.63) is 52.6 Å². The smallest absolute Gasteiger partial charge is 0.292 e. The van der Waals surface area contributed by atoms with Crippen molar-refractivity contribution in [1.82, 2.24) is 10.3 Å². The Morgan fingerprint density at radius 2 is 1.96 bits per heavy atom. The topological polar surface area (TPSA) is 43.4 Å². The summed E-state index contributed by atoms with van der Waals surface area (Å²) in [7, 11) is 0. The Bertz CT molecular complexity index is 823. The normalized spacial score (nSPS) is 31.4. The predicted molar refractivity (Wildman–Crippen MR) is 94.1 cm³/mol. The van der Waals surface area contributed by atoms with Crippen LogP contribution in [-0.2, 0) is 5.79 Å². The van der Waals surface area contributed by atoms with Crippen LogP contribution < -0.4 is 14.8 Å². The van der Waals surface area contributed by atoms with Crippen LogP contribution in [0.2, 0.25) is 5.02 Å². The summed E-state index contributed by atoms with van der Waals surface area (Å²) in [5.74, 6) is 1.01. The first-order chi connectivity index (χ1) is 11.6. The van der Waals surface area contributed by atoms with E-state index in [-0.39, 0.29) is 24.1 Å². The molecule has 0 amide bonds. The van der Waals surface area contributed by atoms with Crippen molar-refractivity contribution in [1.29, 1.82) is 0 Å². The van der Waals surface area contributed by atoms with Gasteiger partial charge in [0, 0.05) is 18.7 Å². The number of halogens is 3. The number of fused-ring (bicyclic) bond motifs is 2. The van der Waals surface area contributed by atoms with Gasteiger partial charge in [0.2, 0.25) is 0 Å². The molecule has 1 aromatic carbocycles. The van der Waals surface area contributed by atoms with E-state index in [1.54, 1.807) is 31.3 Å². The molecule has 3 heterocycles. The van der Waals surface area contributed by atoms with Crippen LogP contribution in [0.15, 0.2) is 30.5 Å². The minimum absolute atomic E-state index is 0. The average Bonchev–Trinajstić information content (AvgIpc) is 2.92. The number of nitrogens with zero attached hydrogens (tertiary/aromatic N) is 1. The lowest BCUT2D eigenvalue weighted by Crippen LogP contribution is -2.32. The maximum absolute atomic E-state index is 14.6. The molecular formula is C18H17Cl2FN2O2.